The normalized spacial score (nSPS) is 23.0. The zero-order chi connectivity index (χ0) is 17.6. The molecule has 1 fully saturated rings. The smallest absolute Gasteiger partial charge is 0.228 e. The molecule has 1 aromatic carbocycles. The molecule has 1 saturated heterocycles. The molecule has 0 spiro atoms. The molecule has 0 unspecified atom stereocenters. The van der Waals surface area contributed by atoms with Crippen molar-refractivity contribution in [1.29, 1.82) is 0 Å². The van der Waals surface area contributed by atoms with Gasteiger partial charge in [0.1, 0.15) is 5.82 Å². The average Bonchev–Trinajstić information content (AvgIpc) is 3.22. The molecule has 2 aliphatic rings. The second-order valence-corrected chi connectivity index (χ2v) is 7.61. The number of hydrogen-bond acceptors (Lipinski definition) is 3. The quantitative estimate of drug-likeness (QED) is 0.826. The summed E-state index contributed by atoms with van der Waals surface area (Å²) in [5.41, 5.74) is 1.47. The Morgan fingerprint density at radius 1 is 1.28 bits per heavy atom. The number of fused-ring (bicyclic) bond motifs is 1. The Morgan fingerprint density at radius 3 is 2.88 bits per heavy atom. The minimum absolute atomic E-state index is 0.00320. The van der Waals surface area contributed by atoms with Crippen molar-refractivity contribution in [2.24, 2.45) is 5.92 Å². The monoisotopic (exact) mass is 358 g/mol. The molecule has 0 N–H and O–H groups in total. The van der Waals surface area contributed by atoms with Crippen LogP contribution in [0.25, 0.3) is 0 Å². The predicted molar refractivity (Wildman–Crippen MR) is 95.0 cm³/mol. The molecule has 0 saturated carbocycles. The van der Waals surface area contributed by atoms with E-state index in [-0.39, 0.29) is 36.5 Å². The summed E-state index contributed by atoms with van der Waals surface area (Å²) in [5, 5.41) is 2.06. The molecule has 130 valence electrons. The van der Waals surface area contributed by atoms with E-state index in [2.05, 4.69) is 11.4 Å². The summed E-state index contributed by atoms with van der Waals surface area (Å²) in [6, 6.07) is 8.32. The van der Waals surface area contributed by atoms with Crippen molar-refractivity contribution in [1.82, 2.24) is 4.90 Å². The maximum absolute atomic E-state index is 14.0. The molecule has 2 aliphatic heterocycles. The summed E-state index contributed by atoms with van der Waals surface area (Å²) < 4.78 is 14.0. The van der Waals surface area contributed by atoms with Gasteiger partial charge in [-0.1, -0.05) is 12.1 Å². The average molecular weight is 358 g/mol. The molecule has 0 aliphatic carbocycles. The fourth-order valence-electron chi connectivity index (χ4n) is 3.82. The van der Waals surface area contributed by atoms with Gasteiger partial charge in [-0.05, 0) is 42.5 Å². The lowest BCUT2D eigenvalue weighted by Crippen LogP contribution is -2.42. The molecule has 1 aromatic heterocycles. The Kier molecular flexibility index (Phi) is 4.07. The third kappa shape index (κ3) is 2.74. The highest BCUT2D eigenvalue weighted by Gasteiger charge is 2.40. The third-order valence-corrected chi connectivity index (χ3v) is 6.17. The Bertz CT molecular complexity index is 834. The van der Waals surface area contributed by atoms with E-state index in [9.17, 15) is 14.0 Å². The number of amides is 2. The Labute approximate surface area is 149 Å². The van der Waals surface area contributed by atoms with Crippen LogP contribution in [-0.4, -0.2) is 29.8 Å². The Hall–Kier alpha value is -2.21. The van der Waals surface area contributed by atoms with Crippen molar-refractivity contribution >= 4 is 28.8 Å². The van der Waals surface area contributed by atoms with Gasteiger partial charge in [0.2, 0.25) is 11.8 Å². The van der Waals surface area contributed by atoms with Crippen molar-refractivity contribution in [2.45, 2.75) is 25.8 Å². The number of hydrogen-bond donors (Lipinski definition) is 0. The van der Waals surface area contributed by atoms with Crippen LogP contribution < -0.4 is 4.90 Å². The van der Waals surface area contributed by atoms with Crippen LogP contribution in [0.1, 0.15) is 29.8 Å². The van der Waals surface area contributed by atoms with Crippen LogP contribution in [0.5, 0.6) is 0 Å². The third-order valence-electron chi connectivity index (χ3n) is 5.18. The van der Waals surface area contributed by atoms with Crippen LogP contribution in [-0.2, 0) is 16.0 Å². The van der Waals surface area contributed by atoms with Crippen LogP contribution >= 0.6 is 11.3 Å². The van der Waals surface area contributed by atoms with Gasteiger partial charge in [-0.3, -0.25) is 9.59 Å². The van der Waals surface area contributed by atoms with Crippen molar-refractivity contribution in [2.75, 3.05) is 18.0 Å². The Balaban J connectivity index is 1.53. The first-order valence-corrected chi connectivity index (χ1v) is 9.36. The number of para-hydroxylation sites is 1. The molecule has 4 rings (SSSR count). The first-order chi connectivity index (χ1) is 12.1. The fourth-order valence-corrected chi connectivity index (χ4v) is 4.78. The number of benzene rings is 1. The molecule has 2 amide bonds. The maximum Gasteiger partial charge on any atom is 0.228 e. The van der Waals surface area contributed by atoms with E-state index in [4.69, 9.17) is 0 Å². The summed E-state index contributed by atoms with van der Waals surface area (Å²) in [6.07, 6.45) is 1.01. The lowest BCUT2D eigenvalue weighted by Gasteiger charge is -2.35. The summed E-state index contributed by atoms with van der Waals surface area (Å²) >= 11 is 1.73. The van der Waals surface area contributed by atoms with E-state index in [0.717, 1.165) is 6.42 Å². The lowest BCUT2D eigenvalue weighted by molar-refractivity contribution is -0.138. The van der Waals surface area contributed by atoms with Crippen molar-refractivity contribution in [3.63, 3.8) is 0 Å². The Morgan fingerprint density at radius 2 is 2.08 bits per heavy atom. The van der Waals surface area contributed by atoms with E-state index < -0.39 is 11.7 Å². The molecular weight excluding hydrogens is 339 g/mol. The summed E-state index contributed by atoms with van der Waals surface area (Å²) in [7, 11) is 0. The zero-order valence-electron chi connectivity index (χ0n) is 13.9. The lowest BCUT2D eigenvalue weighted by atomic mass is 9.98. The highest BCUT2D eigenvalue weighted by Crippen LogP contribution is 2.35. The number of carbonyl (C=O) groups is 2. The molecule has 6 heteroatoms. The largest absolute Gasteiger partial charge is 0.335 e. The van der Waals surface area contributed by atoms with Gasteiger partial charge < -0.3 is 9.80 Å². The summed E-state index contributed by atoms with van der Waals surface area (Å²) in [6.45, 7) is 2.96. The van der Waals surface area contributed by atoms with Crippen LogP contribution in [0.2, 0.25) is 0 Å². The van der Waals surface area contributed by atoms with Crippen molar-refractivity contribution in [3.8, 4) is 0 Å². The van der Waals surface area contributed by atoms with Crippen LogP contribution in [0.3, 0.4) is 0 Å². The van der Waals surface area contributed by atoms with Gasteiger partial charge in [-0.15, -0.1) is 11.3 Å². The number of rotatable bonds is 2. The van der Waals surface area contributed by atoms with Gasteiger partial charge >= 0.3 is 0 Å². The van der Waals surface area contributed by atoms with E-state index >= 15 is 0 Å². The minimum atomic E-state index is -0.432. The number of thiophene rings is 1. The molecule has 2 aromatic rings. The summed E-state index contributed by atoms with van der Waals surface area (Å²) in [4.78, 5) is 30.0. The topological polar surface area (TPSA) is 40.6 Å². The minimum Gasteiger partial charge on any atom is -0.335 e. The number of halogens is 1. The second-order valence-electron chi connectivity index (χ2n) is 6.61. The van der Waals surface area contributed by atoms with Crippen LogP contribution in [0, 0.1) is 11.7 Å². The zero-order valence-corrected chi connectivity index (χ0v) is 14.8. The number of anilines is 1. The van der Waals surface area contributed by atoms with E-state index in [1.54, 1.807) is 29.5 Å². The molecule has 3 heterocycles. The standard InChI is InChI=1S/C19H19FN2O2S/c1-12-14-7-9-25-17(14)6-8-21(12)19(24)13-10-18(23)22(11-13)16-5-3-2-4-15(16)20/h2-5,7,9,12-13H,6,8,10-11H2,1H3/t12-,13-/m1/s1. The van der Waals surface area contributed by atoms with Gasteiger partial charge in [0, 0.05) is 24.4 Å². The number of carbonyl (C=O) groups excluding carboxylic acids is 2. The number of nitrogens with zero attached hydrogens (tertiary/aromatic N) is 2. The summed E-state index contributed by atoms with van der Waals surface area (Å²) in [5.74, 6) is -1.03. The molecule has 25 heavy (non-hydrogen) atoms. The highest BCUT2D eigenvalue weighted by atomic mass is 32.1. The van der Waals surface area contributed by atoms with E-state index in [1.165, 1.54) is 21.4 Å². The van der Waals surface area contributed by atoms with Crippen molar-refractivity contribution in [3.05, 3.63) is 52.0 Å². The molecule has 4 nitrogen and oxygen atoms in total. The highest BCUT2D eigenvalue weighted by molar-refractivity contribution is 7.10. The first kappa shape index (κ1) is 16.3. The molecule has 0 bridgehead atoms. The molecule has 2 atom stereocenters. The first-order valence-electron chi connectivity index (χ1n) is 8.48. The maximum atomic E-state index is 14.0. The van der Waals surface area contributed by atoms with Gasteiger partial charge in [0.15, 0.2) is 0 Å². The second kappa shape index (κ2) is 6.26. The van der Waals surface area contributed by atoms with Crippen molar-refractivity contribution < 1.29 is 14.0 Å². The van der Waals surface area contributed by atoms with Gasteiger partial charge in [-0.2, -0.15) is 0 Å². The fraction of sp³-hybridized carbons (Fsp3) is 0.368. The van der Waals surface area contributed by atoms with Gasteiger partial charge in [0.25, 0.3) is 0 Å². The molecular formula is C19H19FN2O2S. The van der Waals surface area contributed by atoms with Crippen LogP contribution in [0.15, 0.2) is 35.7 Å². The van der Waals surface area contributed by atoms with E-state index in [0.29, 0.717) is 6.54 Å². The van der Waals surface area contributed by atoms with E-state index in [1.807, 2.05) is 11.8 Å². The van der Waals surface area contributed by atoms with Gasteiger partial charge in [0.05, 0.1) is 17.6 Å². The molecule has 0 radical (unpaired) electrons. The van der Waals surface area contributed by atoms with Crippen LogP contribution in [0.4, 0.5) is 10.1 Å². The predicted octanol–water partition coefficient (Wildman–Crippen LogP) is 3.39. The SMILES string of the molecule is C[C@@H]1c2ccsc2CCN1C(=O)[C@@H]1CC(=O)N(c2ccccc2F)C1. The van der Waals surface area contributed by atoms with Gasteiger partial charge in [-0.25, -0.2) is 4.39 Å².